The third-order valence-corrected chi connectivity index (χ3v) is 3.66. The molecule has 0 fully saturated rings. The van der Waals surface area contributed by atoms with E-state index in [0.29, 0.717) is 5.69 Å². The third kappa shape index (κ3) is 1.38. The lowest BCUT2D eigenvalue weighted by Gasteiger charge is -1.94. The van der Waals surface area contributed by atoms with Crippen LogP contribution in [-0.2, 0) is 21.3 Å². The average Bonchev–Trinajstić information content (AvgIpc) is 2.21. The van der Waals surface area contributed by atoms with Gasteiger partial charge in [0.1, 0.15) is 0 Å². The minimum atomic E-state index is -2.91. The molecule has 0 aromatic carbocycles. The SMILES string of the molecule is O=S1(=O)Cc2cc(Br)cnc2C1. The van der Waals surface area contributed by atoms with Gasteiger partial charge in [0.2, 0.25) is 0 Å². The second kappa shape index (κ2) is 2.53. The normalized spacial score (nSPS) is 19.1. The fraction of sp³-hybridized carbons (Fsp3) is 0.286. The molecule has 0 bridgehead atoms. The Labute approximate surface area is 78.9 Å². The number of nitrogens with zero attached hydrogens (tertiary/aromatic N) is 1. The first-order valence-corrected chi connectivity index (χ1v) is 6.02. The number of halogens is 1. The molecule has 0 atom stereocenters. The first-order valence-electron chi connectivity index (χ1n) is 3.40. The largest absolute Gasteiger partial charge is 0.259 e. The Morgan fingerprint density at radius 1 is 1.42 bits per heavy atom. The van der Waals surface area contributed by atoms with E-state index < -0.39 is 9.84 Å². The summed E-state index contributed by atoms with van der Waals surface area (Å²) in [5, 5.41) is 0. The first kappa shape index (κ1) is 8.19. The highest BCUT2D eigenvalue weighted by Gasteiger charge is 2.25. The molecule has 0 radical (unpaired) electrons. The molecule has 0 amide bonds. The molecule has 5 heteroatoms. The maximum atomic E-state index is 11.1. The van der Waals surface area contributed by atoms with Gasteiger partial charge >= 0.3 is 0 Å². The lowest BCUT2D eigenvalue weighted by atomic mass is 10.2. The van der Waals surface area contributed by atoms with E-state index in [4.69, 9.17) is 0 Å². The minimum absolute atomic E-state index is 0.0929. The van der Waals surface area contributed by atoms with E-state index in [2.05, 4.69) is 20.9 Å². The molecule has 0 N–H and O–H groups in total. The lowest BCUT2D eigenvalue weighted by Crippen LogP contribution is -1.95. The fourth-order valence-corrected chi connectivity index (χ4v) is 3.14. The zero-order valence-corrected chi connectivity index (χ0v) is 8.52. The van der Waals surface area contributed by atoms with Gasteiger partial charge in [-0.15, -0.1) is 0 Å². The summed E-state index contributed by atoms with van der Waals surface area (Å²) in [4.78, 5) is 4.03. The van der Waals surface area contributed by atoms with Gasteiger partial charge < -0.3 is 0 Å². The van der Waals surface area contributed by atoms with Gasteiger partial charge in [-0.3, -0.25) is 4.98 Å². The summed E-state index contributed by atoms with van der Waals surface area (Å²) in [6, 6.07) is 1.81. The van der Waals surface area contributed by atoms with Crippen molar-refractivity contribution in [3.8, 4) is 0 Å². The second-order valence-electron chi connectivity index (χ2n) is 2.79. The number of pyridine rings is 1. The lowest BCUT2D eigenvalue weighted by molar-refractivity contribution is 0.598. The molecule has 0 spiro atoms. The van der Waals surface area contributed by atoms with Gasteiger partial charge in [-0.25, -0.2) is 8.42 Å². The number of rotatable bonds is 0. The molecule has 1 aromatic heterocycles. The average molecular weight is 248 g/mol. The summed E-state index contributed by atoms with van der Waals surface area (Å²) >= 11 is 3.25. The van der Waals surface area contributed by atoms with Crippen LogP contribution in [0.25, 0.3) is 0 Å². The Hall–Kier alpha value is -0.420. The molecule has 1 aromatic rings. The van der Waals surface area contributed by atoms with Crippen LogP contribution in [0.5, 0.6) is 0 Å². The maximum absolute atomic E-state index is 11.1. The van der Waals surface area contributed by atoms with E-state index in [-0.39, 0.29) is 11.5 Å². The Bertz CT molecular complexity index is 427. The van der Waals surface area contributed by atoms with Crippen LogP contribution in [0.3, 0.4) is 0 Å². The van der Waals surface area contributed by atoms with Gasteiger partial charge in [0.05, 0.1) is 17.2 Å². The van der Waals surface area contributed by atoms with E-state index in [9.17, 15) is 8.42 Å². The van der Waals surface area contributed by atoms with Crippen molar-refractivity contribution in [3.05, 3.63) is 28.0 Å². The monoisotopic (exact) mass is 247 g/mol. The van der Waals surface area contributed by atoms with Crippen LogP contribution >= 0.6 is 15.9 Å². The van der Waals surface area contributed by atoms with Crippen molar-refractivity contribution >= 4 is 25.8 Å². The number of hydrogen-bond acceptors (Lipinski definition) is 3. The molecule has 2 rings (SSSR count). The van der Waals surface area contributed by atoms with Gasteiger partial charge in [0.25, 0.3) is 0 Å². The van der Waals surface area contributed by atoms with Crippen LogP contribution in [0, 0.1) is 0 Å². The fourth-order valence-electron chi connectivity index (χ4n) is 1.26. The van der Waals surface area contributed by atoms with E-state index in [0.717, 1.165) is 10.0 Å². The van der Waals surface area contributed by atoms with Crippen molar-refractivity contribution in [1.82, 2.24) is 4.98 Å². The molecule has 1 aliphatic rings. The predicted molar refractivity (Wildman–Crippen MR) is 48.3 cm³/mol. The summed E-state index contributed by atoms with van der Waals surface area (Å²) in [7, 11) is -2.91. The number of sulfone groups is 1. The topological polar surface area (TPSA) is 47.0 Å². The van der Waals surface area contributed by atoms with Crippen LogP contribution in [0.1, 0.15) is 11.3 Å². The van der Waals surface area contributed by atoms with Gasteiger partial charge in [0, 0.05) is 10.7 Å². The maximum Gasteiger partial charge on any atom is 0.160 e. The molecule has 3 nitrogen and oxygen atoms in total. The molecular formula is C7H6BrNO2S. The van der Waals surface area contributed by atoms with Crippen LogP contribution in [0.2, 0.25) is 0 Å². The van der Waals surface area contributed by atoms with Crippen LogP contribution in [0.15, 0.2) is 16.7 Å². The molecule has 0 aliphatic carbocycles. The molecule has 0 saturated heterocycles. The van der Waals surface area contributed by atoms with Gasteiger partial charge in [-0.2, -0.15) is 0 Å². The molecule has 64 valence electrons. The van der Waals surface area contributed by atoms with Crippen molar-refractivity contribution < 1.29 is 8.42 Å². The van der Waals surface area contributed by atoms with Gasteiger partial charge in [-0.1, -0.05) is 0 Å². The van der Waals surface area contributed by atoms with Crippen LogP contribution < -0.4 is 0 Å². The molecule has 12 heavy (non-hydrogen) atoms. The highest BCUT2D eigenvalue weighted by atomic mass is 79.9. The zero-order chi connectivity index (χ0) is 8.77. The van der Waals surface area contributed by atoms with Crippen molar-refractivity contribution in [2.45, 2.75) is 11.5 Å². The highest BCUT2D eigenvalue weighted by Crippen LogP contribution is 2.25. The van der Waals surface area contributed by atoms with Gasteiger partial charge in [0.15, 0.2) is 9.84 Å². The minimum Gasteiger partial charge on any atom is -0.259 e. The smallest absolute Gasteiger partial charge is 0.160 e. The van der Waals surface area contributed by atoms with Crippen molar-refractivity contribution in [2.75, 3.05) is 0 Å². The van der Waals surface area contributed by atoms with Crippen LogP contribution in [0.4, 0.5) is 0 Å². The first-order chi connectivity index (χ1) is 5.57. The van der Waals surface area contributed by atoms with E-state index in [1.54, 1.807) is 6.20 Å². The summed E-state index contributed by atoms with van der Waals surface area (Å²) < 4.78 is 23.1. The van der Waals surface area contributed by atoms with Gasteiger partial charge in [-0.05, 0) is 27.6 Å². The Kier molecular flexibility index (Phi) is 1.73. The Balaban J connectivity index is 2.56. The zero-order valence-electron chi connectivity index (χ0n) is 6.12. The summed E-state index contributed by atoms with van der Waals surface area (Å²) in [5.41, 5.74) is 1.52. The molecular weight excluding hydrogens is 242 g/mol. The van der Waals surface area contributed by atoms with E-state index in [1.165, 1.54) is 0 Å². The molecule has 2 heterocycles. The van der Waals surface area contributed by atoms with Crippen LogP contribution in [-0.4, -0.2) is 13.4 Å². The number of aromatic nitrogens is 1. The second-order valence-corrected chi connectivity index (χ2v) is 5.77. The van der Waals surface area contributed by atoms with E-state index in [1.807, 2.05) is 6.07 Å². The summed E-state index contributed by atoms with van der Waals surface area (Å²) in [6.45, 7) is 0. The van der Waals surface area contributed by atoms with Crippen molar-refractivity contribution in [3.63, 3.8) is 0 Å². The highest BCUT2D eigenvalue weighted by molar-refractivity contribution is 9.10. The molecule has 0 unspecified atom stereocenters. The molecule has 1 aliphatic heterocycles. The van der Waals surface area contributed by atoms with E-state index >= 15 is 0 Å². The number of fused-ring (bicyclic) bond motifs is 1. The van der Waals surface area contributed by atoms with Crippen molar-refractivity contribution in [1.29, 1.82) is 0 Å². The quantitative estimate of drug-likeness (QED) is 0.694. The molecule has 0 saturated carbocycles. The summed E-state index contributed by atoms with van der Waals surface area (Å²) in [6.07, 6.45) is 1.62. The third-order valence-electron chi connectivity index (χ3n) is 1.76. The standard InChI is InChI=1S/C7H6BrNO2S/c8-6-1-5-3-12(10,11)4-7(5)9-2-6/h1-2H,3-4H2. The number of hydrogen-bond donors (Lipinski definition) is 0. The Morgan fingerprint density at radius 3 is 2.92 bits per heavy atom. The van der Waals surface area contributed by atoms with Crippen molar-refractivity contribution in [2.24, 2.45) is 0 Å². The Morgan fingerprint density at radius 2 is 2.17 bits per heavy atom. The summed E-state index contributed by atoms with van der Waals surface area (Å²) in [5.74, 6) is 0.227. The predicted octanol–water partition coefficient (Wildman–Crippen LogP) is 1.27.